The maximum atomic E-state index is 13.6. The van der Waals surface area contributed by atoms with E-state index in [0.29, 0.717) is 11.1 Å². The SMILES string of the molecule is COc1cc2cc(c1Cl)N(C)C(=O)CC(OC(C)=O)[C@]1(C)O[C@H]1[C@H](C)[C@@H]1C[C@@](O)(NC(=O)O1)[C@H](OC)/C=C\C=C(C)[C@H]2O. The molecule has 236 valence electrons. The van der Waals surface area contributed by atoms with E-state index in [0.717, 1.165) is 0 Å². The number of alkyl carbamates (subject to hydrolysis) is 1. The van der Waals surface area contributed by atoms with Crippen molar-refractivity contribution in [3.63, 3.8) is 0 Å². The predicted molar refractivity (Wildman–Crippen MR) is 156 cm³/mol. The van der Waals surface area contributed by atoms with Gasteiger partial charge in [-0.05, 0) is 37.1 Å². The molecule has 3 N–H and O–H groups in total. The van der Waals surface area contributed by atoms with E-state index < -0.39 is 65.7 Å². The lowest BCUT2D eigenvalue weighted by Crippen LogP contribution is -2.63. The molecule has 1 aromatic rings. The number of methoxy groups -OCH3 is 2. The normalized spacial score (nSPS) is 35.6. The van der Waals surface area contributed by atoms with Crippen LogP contribution in [-0.4, -0.2) is 85.2 Å². The van der Waals surface area contributed by atoms with E-state index in [1.807, 2.05) is 0 Å². The number of aliphatic hydroxyl groups is 2. The summed E-state index contributed by atoms with van der Waals surface area (Å²) in [5.41, 5.74) is -1.73. The Morgan fingerprint density at radius 1 is 1.26 bits per heavy atom. The van der Waals surface area contributed by atoms with Crippen molar-refractivity contribution in [1.82, 2.24) is 5.32 Å². The lowest BCUT2D eigenvalue weighted by atomic mass is 9.83. The van der Waals surface area contributed by atoms with Gasteiger partial charge in [0.1, 0.15) is 40.8 Å². The number of hydrogen-bond acceptors (Lipinski definition) is 10. The van der Waals surface area contributed by atoms with Gasteiger partial charge >= 0.3 is 12.1 Å². The number of allylic oxidation sites excluding steroid dienone is 2. The first-order chi connectivity index (χ1) is 20.1. The molecule has 12 nitrogen and oxygen atoms in total. The van der Waals surface area contributed by atoms with Crippen molar-refractivity contribution < 1.29 is 48.3 Å². The van der Waals surface area contributed by atoms with Crippen molar-refractivity contribution in [1.29, 1.82) is 0 Å². The molecule has 4 rings (SSSR count). The van der Waals surface area contributed by atoms with Crippen LogP contribution in [0.25, 0.3) is 0 Å². The second kappa shape index (κ2) is 12.4. The molecule has 0 spiro atoms. The summed E-state index contributed by atoms with van der Waals surface area (Å²) >= 11 is 6.61. The molecule has 8 atom stereocenters. The average Bonchev–Trinajstić information content (AvgIpc) is 3.64. The fourth-order valence-electron chi connectivity index (χ4n) is 5.79. The number of aliphatic hydroxyl groups excluding tert-OH is 1. The molecular formula is C30H39ClN2O10. The number of esters is 1. The summed E-state index contributed by atoms with van der Waals surface area (Å²) in [5.74, 6) is -1.27. The van der Waals surface area contributed by atoms with E-state index in [2.05, 4.69) is 5.32 Å². The molecular weight excluding hydrogens is 584 g/mol. The second-order valence-corrected chi connectivity index (χ2v) is 11.8. The molecule has 2 amide bonds. The zero-order chi connectivity index (χ0) is 31.9. The van der Waals surface area contributed by atoms with E-state index in [4.69, 9.17) is 35.3 Å². The average molecular weight is 623 g/mol. The molecule has 0 aliphatic carbocycles. The topological polar surface area (TPSA) is 156 Å². The number of rotatable bonds is 3. The van der Waals surface area contributed by atoms with Crippen molar-refractivity contribution >= 4 is 35.3 Å². The van der Waals surface area contributed by atoms with Crippen LogP contribution < -0.4 is 15.0 Å². The largest absolute Gasteiger partial charge is 0.495 e. The number of nitrogens with one attached hydrogen (secondary N) is 1. The molecule has 3 aliphatic heterocycles. The maximum Gasteiger partial charge on any atom is 0.409 e. The van der Waals surface area contributed by atoms with Crippen molar-refractivity contribution in [2.45, 2.75) is 82.4 Å². The van der Waals surface area contributed by atoms with Crippen molar-refractivity contribution in [2.24, 2.45) is 5.92 Å². The van der Waals surface area contributed by atoms with Crippen LogP contribution in [0.3, 0.4) is 0 Å². The quantitative estimate of drug-likeness (QED) is 0.338. The summed E-state index contributed by atoms with van der Waals surface area (Å²) < 4.78 is 28.2. The highest BCUT2D eigenvalue weighted by Crippen LogP contribution is 2.49. The number of carbonyl (C=O) groups excluding carboxylic acids is 3. The summed E-state index contributed by atoms with van der Waals surface area (Å²) in [5, 5.41) is 25.3. The Bertz CT molecular complexity index is 1330. The first-order valence-corrected chi connectivity index (χ1v) is 14.3. The van der Waals surface area contributed by atoms with Gasteiger partial charge in [-0.1, -0.05) is 36.8 Å². The molecule has 3 aliphatic rings. The van der Waals surface area contributed by atoms with Crippen LogP contribution in [0, 0.1) is 5.92 Å². The number of anilines is 1. The maximum absolute atomic E-state index is 13.6. The van der Waals surface area contributed by atoms with E-state index in [-0.39, 0.29) is 29.3 Å². The van der Waals surface area contributed by atoms with Gasteiger partial charge in [-0.15, -0.1) is 0 Å². The molecule has 4 bridgehead atoms. The highest BCUT2D eigenvalue weighted by molar-refractivity contribution is 6.35. The van der Waals surface area contributed by atoms with Crippen LogP contribution in [0.15, 0.2) is 35.9 Å². The molecule has 3 heterocycles. The standard InChI is InChI=1S/C30H39ClN2O10/c1-15-9-8-10-22(40-7)30(38)14-21(42-28(37)32-30)16(2)27-29(4,43-27)23(41-17(3)34)13-24(35)33(5)19-11-18(26(15)36)12-20(39-6)25(19)31/h8-12,16,21-23,26-27,36,38H,13-14H2,1-7H3,(H,32,37)/b10-8-,15-9?/t16-,21+,22-,23?,26-,27+,29+,30+/m1/s1. The smallest absolute Gasteiger partial charge is 0.409 e. The van der Waals surface area contributed by atoms with Crippen LogP contribution in [0.2, 0.25) is 5.02 Å². The van der Waals surface area contributed by atoms with Gasteiger partial charge in [-0.3, -0.25) is 14.9 Å². The second-order valence-electron chi connectivity index (χ2n) is 11.4. The molecule has 2 fully saturated rings. The summed E-state index contributed by atoms with van der Waals surface area (Å²) in [7, 11) is 4.34. The number of benzene rings is 1. The fraction of sp³-hybridized carbons (Fsp3) is 0.567. The summed E-state index contributed by atoms with van der Waals surface area (Å²) in [6, 6.07) is 3.16. The zero-order valence-electron chi connectivity index (χ0n) is 25.3. The van der Waals surface area contributed by atoms with Gasteiger partial charge in [0.2, 0.25) is 5.91 Å². The molecule has 1 aromatic carbocycles. The van der Waals surface area contributed by atoms with Crippen LogP contribution in [0.5, 0.6) is 5.75 Å². The van der Waals surface area contributed by atoms with Gasteiger partial charge in [-0.2, -0.15) is 0 Å². The Morgan fingerprint density at radius 3 is 2.58 bits per heavy atom. The minimum absolute atomic E-state index is 0.0476. The van der Waals surface area contributed by atoms with Gasteiger partial charge in [0.15, 0.2) is 5.72 Å². The summed E-state index contributed by atoms with van der Waals surface area (Å²) in [4.78, 5) is 39.7. The number of hydrogen-bond donors (Lipinski definition) is 3. The van der Waals surface area contributed by atoms with Crippen molar-refractivity contribution in [3.8, 4) is 5.75 Å². The Hall–Kier alpha value is -3.16. The lowest BCUT2D eigenvalue weighted by Gasteiger charge is -2.42. The zero-order valence-corrected chi connectivity index (χ0v) is 26.0. The number of amides is 2. The third-order valence-corrected chi connectivity index (χ3v) is 8.84. The summed E-state index contributed by atoms with van der Waals surface area (Å²) in [6.45, 7) is 6.45. The molecule has 0 aromatic heterocycles. The van der Waals surface area contributed by atoms with Crippen LogP contribution in [0.1, 0.15) is 52.2 Å². The van der Waals surface area contributed by atoms with Gasteiger partial charge in [0.25, 0.3) is 0 Å². The Balaban J connectivity index is 1.82. The lowest BCUT2D eigenvalue weighted by molar-refractivity contribution is -0.151. The molecule has 13 heteroatoms. The van der Waals surface area contributed by atoms with Gasteiger partial charge in [-0.25, -0.2) is 4.79 Å². The van der Waals surface area contributed by atoms with Gasteiger partial charge in [0, 0.05) is 33.4 Å². The first kappa shape index (κ1) is 32.7. The number of nitrogens with zero attached hydrogens (tertiary/aromatic N) is 1. The third kappa shape index (κ3) is 6.53. The fourth-order valence-corrected chi connectivity index (χ4v) is 6.10. The molecule has 1 unspecified atom stereocenters. The van der Waals surface area contributed by atoms with Crippen LogP contribution >= 0.6 is 11.6 Å². The van der Waals surface area contributed by atoms with Gasteiger partial charge < -0.3 is 38.8 Å². The molecule has 0 saturated carbocycles. The summed E-state index contributed by atoms with van der Waals surface area (Å²) in [6.07, 6.45) is -0.825. The van der Waals surface area contributed by atoms with E-state index in [9.17, 15) is 24.6 Å². The van der Waals surface area contributed by atoms with E-state index in [1.54, 1.807) is 51.1 Å². The van der Waals surface area contributed by atoms with Crippen LogP contribution in [0.4, 0.5) is 10.5 Å². The van der Waals surface area contributed by atoms with Crippen molar-refractivity contribution in [2.75, 3.05) is 26.2 Å². The monoisotopic (exact) mass is 622 g/mol. The molecule has 2 saturated heterocycles. The Morgan fingerprint density at radius 2 is 1.95 bits per heavy atom. The van der Waals surface area contributed by atoms with Gasteiger partial charge in [0.05, 0.1) is 25.3 Å². The highest BCUT2D eigenvalue weighted by atomic mass is 35.5. The van der Waals surface area contributed by atoms with E-state index >= 15 is 0 Å². The number of fused-ring (bicyclic) bond motifs is 5. The number of halogens is 1. The minimum atomic E-state index is -1.83. The highest BCUT2D eigenvalue weighted by Gasteiger charge is 2.64. The minimum Gasteiger partial charge on any atom is -0.495 e. The molecule has 43 heavy (non-hydrogen) atoms. The third-order valence-electron chi connectivity index (χ3n) is 8.46. The first-order valence-electron chi connectivity index (χ1n) is 13.9. The number of ether oxygens (including phenoxy) is 5. The predicted octanol–water partition coefficient (Wildman–Crippen LogP) is 3.18. The van der Waals surface area contributed by atoms with E-state index in [1.165, 1.54) is 33.1 Å². The Labute approximate surface area is 255 Å². The number of carbonyl (C=O) groups is 3. The number of epoxide rings is 1. The molecule has 0 radical (unpaired) electrons. The van der Waals surface area contributed by atoms with Crippen LogP contribution in [-0.2, 0) is 28.5 Å². The van der Waals surface area contributed by atoms with Crippen molar-refractivity contribution in [3.05, 3.63) is 46.5 Å². The Kier molecular flexibility index (Phi) is 9.48.